The molecule has 0 radical (unpaired) electrons. The molecule has 3 saturated heterocycles. The van der Waals surface area contributed by atoms with E-state index in [-0.39, 0.29) is 47.3 Å². The Labute approximate surface area is 513 Å². The van der Waals surface area contributed by atoms with Gasteiger partial charge in [0.2, 0.25) is 29.5 Å². The van der Waals surface area contributed by atoms with Crippen LogP contribution in [0.4, 0.5) is 9.59 Å². The number of likely N-dealkylation sites (N-methyl/N-ethyl adjacent to an activating group) is 2. The van der Waals surface area contributed by atoms with Gasteiger partial charge < -0.3 is 45.1 Å². The number of carbonyl (C=O) groups is 8. The van der Waals surface area contributed by atoms with Crippen LogP contribution < -0.4 is 21.3 Å². The fraction of sp³-hybridized carbons (Fsp3) is 0.688. The smallest absolute Gasteiger partial charge is 0.410 e. The van der Waals surface area contributed by atoms with Crippen LogP contribution in [-0.4, -0.2) is 166 Å². The summed E-state index contributed by atoms with van der Waals surface area (Å²) in [5.74, 6) is -2.08. The predicted molar refractivity (Wildman–Crippen MR) is 331 cm³/mol. The first-order valence-corrected chi connectivity index (χ1v) is 32.3. The zero-order valence-corrected chi connectivity index (χ0v) is 54.6. The summed E-state index contributed by atoms with van der Waals surface area (Å²) in [5, 5.41) is 12.1. The van der Waals surface area contributed by atoms with E-state index in [0.717, 1.165) is 36.8 Å². The average Bonchev–Trinajstić information content (AvgIpc) is 1.69. The molecular weight excluding hydrogens is 1120 g/mol. The van der Waals surface area contributed by atoms with Gasteiger partial charge in [-0.1, -0.05) is 101 Å². The lowest BCUT2D eigenvalue weighted by molar-refractivity contribution is -0.148. The topological polar surface area (TPSA) is 231 Å². The molecule has 3 aliphatic heterocycles. The molecule has 472 valence electrons. The van der Waals surface area contributed by atoms with Crippen molar-refractivity contribution in [3.8, 4) is 0 Å². The number of carbonyl (C=O) groups excluding carboxylic acids is 8. The van der Waals surface area contributed by atoms with Gasteiger partial charge in [-0.25, -0.2) is 9.59 Å². The molecule has 2 aromatic carbocycles. The van der Waals surface area contributed by atoms with E-state index >= 15 is 0 Å². The molecule has 1 unspecified atom stereocenters. The molecule has 21 heteroatoms. The Morgan fingerprint density at radius 2 is 1.15 bits per heavy atom. The van der Waals surface area contributed by atoms with Crippen molar-refractivity contribution in [2.24, 2.45) is 22.7 Å². The van der Waals surface area contributed by atoms with Gasteiger partial charge in [-0.3, -0.25) is 38.6 Å². The van der Waals surface area contributed by atoms with Crippen molar-refractivity contribution in [2.75, 3.05) is 52.0 Å². The molecule has 1 saturated carbocycles. The molecule has 7 amide bonds. The van der Waals surface area contributed by atoms with E-state index in [0.29, 0.717) is 50.4 Å². The number of hydrogen-bond donors (Lipinski definition) is 4. The normalized spacial score (nSPS) is 25.1. The monoisotopic (exact) mass is 1220 g/mol. The second-order valence-electron chi connectivity index (χ2n) is 27.1. The van der Waals surface area contributed by atoms with Crippen molar-refractivity contribution in [1.82, 2.24) is 36.0 Å². The molecule has 4 aliphatic rings. The summed E-state index contributed by atoms with van der Waals surface area (Å²) < 4.78 is 23.5. The highest BCUT2D eigenvalue weighted by Gasteiger charge is 2.59. The van der Waals surface area contributed by atoms with Gasteiger partial charge in [0.1, 0.15) is 34.9 Å². The van der Waals surface area contributed by atoms with Crippen molar-refractivity contribution in [3.63, 3.8) is 0 Å². The summed E-state index contributed by atoms with van der Waals surface area (Å²) >= 11 is 3.29. The highest BCUT2D eigenvalue weighted by atomic mass is 32.2. The average molecular weight is 1220 g/mol. The molecular formula is C64H97N7O12S2. The van der Waals surface area contributed by atoms with Crippen LogP contribution >= 0.6 is 23.5 Å². The number of amides is 7. The highest BCUT2D eigenvalue weighted by molar-refractivity contribution is 8.00. The summed E-state index contributed by atoms with van der Waals surface area (Å²) in [6.07, 6.45) is 3.99. The van der Waals surface area contributed by atoms with Crippen LogP contribution in [0.3, 0.4) is 0 Å². The van der Waals surface area contributed by atoms with Gasteiger partial charge in [0.25, 0.3) is 0 Å². The van der Waals surface area contributed by atoms with Crippen molar-refractivity contribution in [3.05, 3.63) is 71.8 Å². The molecule has 4 fully saturated rings. The maximum absolute atomic E-state index is 14.8. The van der Waals surface area contributed by atoms with Gasteiger partial charge >= 0.3 is 12.2 Å². The molecule has 4 N–H and O–H groups in total. The zero-order chi connectivity index (χ0) is 62.8. The van der Waals surface area contributed by atoms with E-state index in [1.54, 1.807) is 90.7 Å². The third-order valence-electron chi connectivity index (χ3n) is 16.9. The number of fused-ring (bicyclic) bond motifs is 2. The second kappa shape index (κ2) is 29.1. The Balaban J connectivity index is 0.998. The number of thioether (sulfide) groups is 2. The molecule has 0 bridgehead atoms. The van der Waals surface area contributed by atoms with Crippen molar-refractivity contribution >= 4 is 71.0 Å². The molecule has 0 spiro atoms. The maximum atomic E-state index is 14.8. The summed E-state index contributed by atoms with van der Waals surface area (Å²) in [6, 6.07) is 14.8. The van der Waals surface area contributed by atoms with Gasteiger partial charge in [-0.05, 0) is 134 Å². The first-order valence-electron chi connectivity index (χ1n) is 30.2. The van der Waals surface area contributed by atoms with E-state index in [1.165, 1.54) is 23.9 Å². The number of nitrogens with zero attached hydrogens (tertiary/aromatic N) is 3. The van der Waals surface area contributed by atoms with Crippen molar-refractivity contribution < 1.29 is 57.3 Å². The number of nitrogens with one attached hydrogen (secondary N) is 4. The summed E-state index contributed by atoms with van der Waals surface area (Å²) in [6.45, 7) is 24.8. The molecule has 6 rings (SSSR count). The molecule has 85 heavy (non-hydrogen) atoms. The van der Waals surface area contributed by atoms with Crippen LogP contribution in [0.1, 0.15) is 165 Å². The Hall–Kier alpha value is -5.38. The molecule has 19 nitrogen and oxygen atoms in total. The first kappa shape index (κ1) is 68.7. The van der Waals surface area contributed by atoms with E-state index in [4.69, 9.17) is 18.9 Å². The molecule has 1 aliphatic carbocycles. The van der Waals surface area contributed by atoms with Crippen LogP contribution in [0.25, 0.3) is 0 Å². The van der Waals surface area contributed by atoms with Crippen LogP contribution in [0.2, 0.25) is 0 Å². The van der Waals surface area contributed by atoms with Crippen LogP contribution in [0.5, 0.6) is 0 Å². The number of benzene rings is 2. The minimum Gasteiger partial charge on any atom is -0.444 e. The number of rotatable bonds is 23. The van der Waals surface area contributed by atoms with Crippen LogP contribution in [-0.2, 0) is 47.7 Å². The fourth-order valence-corrected chi connectivity index (χ4v) is 15.3. The minimum atomic E-state index is -1.34. The zero-order valence-electron chi connectivity index (χ0n) is 53.0. The van der Waals surface area contributed by atoms with Crippen LogP contribution in [0, 0.1) is 22.7 Å². The molecule has 11 atom stereocenters. The van der Waals surface area contributed by atoms with Gasteiger partial charge in [0, 0.05) is 38.5 Å². The van der Waals surface area contributed by atoms with Gasteiger partial charge in [0.05, 0.1) is 42.6 Å². The number of hydrogen-bond acceptors (Lipinski definition) is 14. The third kappa shape index (κ3) is 18.1. The van der Waals surface area contributed by atoms with Crippen molar-refractivity contribution in [1.29, 1.82) is 0 Å². The quantitative estimate of drug-likeness (QED) is 0.0761. The Morgan fingerprint density at radius 3 is 1.66 bits per heavy atom. The maximum Gasteiger partial charge on any atom is 0.410 e. The number of unbranched alkanes of at least 4 members (excludes halogenated alkanes) is 3. The van der Waals surface area contributed by atoms with E-state index < -0.39 is 99.7 Å². The second-order valence-corrected chi connectivity index (χ2v) is 29.7. The first-order chi connectivity index (χ1) is 39.7. The van der Waals surface area contributed by atoms with Crippen LogP contribution in [0.15, 0.2) is 60.7 Å². The Kier molecular flexibility index (Phi) is 23.5. The van der Waals surface area contributed by atoms with E-state index in [9.17, 15) is 38.4 Å². The lowest BCUT2D eigenvalue weighted by atomic mass is 9.75. The Bertz CT molecular complexity index is 2650. The molecule has 2 aromatic rings. The highest BCUT2D eigenvalue weighted by Crippen LogP contribution is 2.53. The lowest BCUT2D eigenvalue weighted by Crippen LogP contribution is -2.64. The van der Waals surface area contributed by atoms with Crippen molar-refractivity contribution in [2.45, 2.75) is 205 Å². The largest absolute Gasteiger partial charge is 0.444 e. The summed E-state index contributed by atoms with van der Waals surface area (Å²) in [7, 11) is 2.98. The SMILES string of the molecule is C[C@@H](C(=O)N[C@H]1CCS[C@H]2CC(C)(C)[C@@H](C(=O)N[C@H](COCCCCCCOC[C@@H](NC(=O)[C@H]3N4C(=O)[C@](C)(NC(=O)[C@H](C)N(C)C(=O)OC(C)(C)C)CCS[C@H]4CC3(C)C)c3ccccc3)c3ccccc3)C2C1=O)N(C)C(=O)OC(C)(C)C. The summed E-state index contributed by atoms with van der Waals surface area (Å²) in [4.78, 5) is 116. The van der Waals surface area contributed by atoms with Gasteiger partial charge in [0.15, 0.2) is 5.78 Å². The fourth-order valence-electron chi connectivity index (χ4n) is 11.8. The molecule has 0 aromatic heterocycles. The summed E-state index contributed by atoms with van der Waals surface area (Å²) in [5.41, 5.74) is -2.21. The van der Waals surface area contributed by atoms with E-state index in [1.807, 2.05) is 88.4 Å². The van der Waals surface area contributed by atoms with Gasteiger partial charge in [-0.2, -0.15) is 11.8 Å². The van der Waals surface area contributed by atoms with Gasteiger partial charge in [-0.15, -0.1) is 11.8 Å². The predicted octanol–water partition coefficient (Wildman–Crippen LogP) is 8.99. The Morgan fingerprint density at radius 1 is 0.659 bits per heavy atom. The number of ketones is 1. The number of ether oxygens (including phenoxy) is 4. The molecule has 3 heterocycles. The van der Waals surface area contributed by atoms with E-state index in [2.05, 4.69) is 21.3 Å². The third-order valence-corrected chi connectivity index (χ3v) is 19.4. The number of Topliss-reactive ketones (excluding diaryl/α,β-unsaturated/α-hetero) is 1. The standard InChI is InChI=1S/C64H97N7O12S2/c1-40(69(14)58(78)82-60(3,4)5)53(73)65-44-30-34-84-47-36-62(9,10)50(49(47)51(44)72)55(75)66-45(42-26-20-18-21-27-42)38-80-32-24-16-17-25-33-81-39-46(43-28-22-19-23-29-43)67-56(76)52-63(11,12)37-48-71(52)57(77)64(13,31-35-85-48)68-54(74)41(2)70(15)59(79)83-61(6,7)8/h18-23,26-29,40-41,44-50,52H,16-17,24-25,30-39H2,1-15H3,(H,65,73)(H,66,75)(H,67,76)(H,68,74)/t40-,41-,44-,45+,46+,47-,48-,49?,50+,52+,64+/m0/s1. The minimum absolute atomic E-state index is 0.0963. The lowest BCUT2D eigenvalue weighted by Gasteiger charge is -2.39.